The molecule has 0 radical (unpaired) electrons. The SMILES string of the molecule is CC.CCC(CC)C1CCN(C(=O)c2cnc(C)c(C(=O)/C(C)=C/c3c(C)cc(C#N)cc3C)c2C)CC1. The number of aryl methyl sites for hydroxylation is 3. The number of amides is 1. The lowest BCUT2D eigenvalue weighted by Crippen LogP contribution is -2.40. The van der Waals surface area contributed by atoms with E-state index in [0.29, 0.717) is 39.4 Å². The second kappa shape index (κ2) is 14.0. The standard InChI is InChI=1S/C31H39N3O2.C2H6/c1-8-25(9-2)26-10-12-34(13-11-26)31(36)28-18-33-23(7)29(22(28)6)30(35)21(5)16-27-19(3)14-24(17-32)15-20(27)4;1-2/h14-16,18,25-26H,8-13H2,1-7H3;1-2H3/b21-16+;. The van der Waals surface area contributed by atoms with Crippen LogP contribution in [0.3, 0.4) is 0 Å². The van der Waals surface area contributed by atoms with Gasteiger partial charge in [-0.25, -0.2) is 0 Å². The van der Waals surface area contributed by atoms with Crippen LogP contribution in [0.5, 0.6) is 0 Å². The maximum atomic E-state index is 13.6. The number of hydrogen-bond donors (Lipinski definition) is 0. The van der Waals surface area contributed by atoms with Gasteiger partial charge in [0, 0.05) is 30.5 Å². The number of aromatic nitrogens is 1. The minimum Gasteiger partial charge on any atom is -0.339 e. The van der Waals surface area contributed by atoms with E-state index in [-0.39, 0.29) is 11.7 Å². The van der Waals surface area contributed by atoms with Gasteiger partial charge in [0.1, 0.15) is 0 Å². The van der Waals surface area contributed by atoms with Crippen LogP contribution in [0.15, 0.2) is 23.9 Å². The summed E-state index contributed by atoms with van der Waals surface area (Å²) in [5.41, 5.74) is 6.37. The second-order valence-corrected chi connectivity index (χ2v) is 10.3. The third-order valence-electron chi connectivity index (χ3n) is 7.97. The first-order chi connectivity index (χ1) is 18.1. The van der Waals surface area contributed by atoms with E-state index >= 15 is 0 Å². The Bertz CT molecular complexity index is 1200. The van der Waals surface area contributed by atoms with Crippen LogP contribution < -0.4 is 0 Å². The summed E-state index contributed by atoms with van der Waals surface area (Å²) in [5.74, 6) is 1.26. The van der Waals surface area contributed by atoms with Crippen molar-refractivity contribution in [3.05, 3.63) is 68.5 Å². The predicted molar refractivity (Wildman–Crippen MR) is 156 cm³/mol. The quantitative estimate of drug-likeness (QED) is 0.279. The first kappa shape index (κ1) is 31.0. The first-order valence-electron chi connectivity index (χ1n) is 14.1. The van der Waals surface area contributed by atoms with Gasteiger partial charge < -0.3 is 4.90 Å². The molecule has 1 saturated heterocycles. The molecule has 1 aliphatic heterocycles. The molecule has 204 valence electrons. The number of likely N-dealkylation sites (tertiary alicyclic amines) is 1. The van der Waals surface area contributed by atoms with Crippen molar-refractivity contribution >= 4 is 17.8 Å². The highest BCUT2D eigenvalue weighted by Crippen LogP contribution is 2.31. The smallest absolute Gasteiger partial charge is 0.255 e. The number of hydrogen-bond acceptors (Lipinski definition) is 4. The van der Waals surface area contributed by atoms with Crippen LogP contribution in [-0.2, 0) is 0 Å². The number of nitrogens with zero attached hydrogens (tertiary/aromatic N) is 3. The van der Waals surface area contributed by atoms with Crippen LogP contribution in [-0.4, -0.2) is 34.7 Å². The largest absolute Gasteiger partial charge is 0.339 e. The third-order valence-corrected chi connectivity index (χ3v) is 7.97. The molecule has 1 aromatic carbocycles. The molecule has 0 unspecified atom stereocenters. The van der Waals surface area contributed by atoms with E-state index in [1.165, 1.54) is 12.8 Å². The molecule has 2 heterocycles. The van der Waals surface area contributed by atoms with Gasteiger partial charge in [-0.15, -0.1) is 0 Å². The summed E-state index contributed by atoms with van der Waals surface area (Å²) in [6.45, 7) is 19.4. The molecule has 5 heteroatoms. The maximum absolute atomic E-state index is 13.6. The van der Waals surface area contributed by atoms with Crippen LogP contribution >= 0.6 is 0 Å². The Morgan fingerprint density at radius 2 is 1.63 bits per heavy atom. The highest BCUT2D eigenvalue weighted by atomic mass is 16.2. The van der Waals surface area contributed by atoms with Crippen LogP contribution in [0.1, 0.15) is 115 Å². The number of rotatable bonds is 7. The van der Waals surface area contributed by atoms with Crippen molar-refractivity contribution in [2.24, 2.45) is 11.8 Å². The number of benzene rings is 1. The molecule has 1 aliphatic rings. The minimum absolute atomic E-state index is 0.0301. The third kappa shape index (κ3) is 6.78. The number of allylic oxidation sites excluding steroid dienone is 1. The molecule has 0 atom stereocenters. The lowest BCUT2D eigenvalue weighted by atomic mass is 9.81. The van der Waals surface area contributed by atoms with Crippen molar-refractivity contribution < 1.29 is 9.59 Å². The fourth-order valence-electron chi connectivity index (χ4n) is 5.72. The van der Waals surface area contributed by atoms with Gasteiger partial charge in [0.25, 0.3) is 5.91 Å². The summed E-state index contributed by atoms with van der Waals surface area (Å²) in [6, 6.07) is 5.85. The van der Waals surface area contributed by atoms with Gasteiger partial charge in [0.15, 0.2) is 5.78 Å². The molecule has 2 aromatic rings. The molecule has 0 N–H and O–H groups in total. The predicted octanol–water partition coefficient (Wildman–Crippen LogP) is 7.79. The zero-order valence-electron chi connectivity index (χ0n) is 24.9. The average molecular weight is 516 g/mol. The van der Waals surface area contributed by atoms with E-state index in [9.17, 15) is 14.9 Å². The molecule has 3 rings (SSSR count). The van der Waals surface area contributed by atoms with Crippen LogP contribution in [0, 0.1) is 50.9 Å². The van der Waals surface area contributed by atoms with E-state index in [4.69, 9.17) is 0 Å². The Hall–Kier alpha value is -3.26. The Morgan fingerprint density at radius 3 is 2.13 bits per heavy atom. The number of piperidine rings is 1. The molecular formula is C33H45N3O2. The second-order valence-electron chi connectivity index (χ2n) is 10.3. The van der Waals surface area contributed by atoms with Crippen molar-refractivity contribution in [2.45, 2.75) is 88.0 Å². The Balaban J connectivity index is 0.00000247. The fraction of sp³-hybridized carbons (Fsp3) is 0.515. The molecule has 0 saturated carbocycles. The summed E-state index contributed by atoms with van der Waals surface area (Å²) in [5, 5.41) is 9.22. The molecular weight excluding hydrogens is 470 g/mol. The van der Waals surface area contributed by atoms with Gasteiger partial charge in [-0.1, -0.05) is 40.5 Å². The molecule has 5 nitrogen and oxygen atoms in total. The molecule has 1 fully saturated rings. The van der Waals surface area contributed by atoms with Crippen LogP contribution in [0.25, 0.3) is 6.08 Å². The first-order valence-corrected chi connectivity index (χ1v) is 14.1. The number of ketones is 1. The highest BCUT2D eigenvalue weighted by molar-refractivity contribution is 6.13. The summed E-state index contributed by atoms with van der Waals surface area (Å²) in [7, 11) is 0. The van der Waals surface area contributed by atoms with E-state index < -0.39 is 0 Å². The molecule has 0 spiro atoms. The summed E-state index contributed by atoms with van der Waals surface area (Å²) in [4.78, 5) is 33.4. The van der Waals surface area contributed by atoms with Gasteiger partial charge in [-0.2, -0.15) is 5.26 Å². The van der Waals surface area contributed by atoms with E-state index in [1.54, 1.807) is 13.1 Å². The van der Waals surface area contributed by atoms with Gasteiger partial charge in [0.05, 0.1) is 17.2 Å². The lowest BCUT2D eigenvalue weighted by Gasteiger charge is -2.36. The maximum Gasteiger partial charge on any atom is 0.255 e. The molecule has 38 heavy (non-hydrogen) atoms. The normalized spacial score (nSPS) is 14.1. The van der Waals surface area contributed by atoms with Crippen molar-refractivity contribution in [3.8, 4) is 6.07 Å². The molecule has 0 aliphatic carbocycles. The monoisotopic (exact) mass is 515 g/mol. The number of carbonyl (C=O) groups is 2. The number of pyridine rings is 1. The van der Waals surface area contributed by atoms with Crippen LogP contribution in [0.4, 0.5) is 0 Å². The Labute approximate surface area is 230 Å². The molecule has 1 aromatic heterocycles. The summed E-state index contributed by atoms with van der Waals surface area (Å²) in [6.07, 6.45) is 7.96. The zero-order valence-corrected chi connectivity index (χ0v) is 24.9. The zero-order chi connectivity index (χ0) is 28.6. The average Bonchev–Trinajstić information content (AvgIpc) is 2.92. The van der Waals surface area contributed by atoms with Crippen molar-refractivity contribution in [3.63, 3.8) is 0 Å². The fourth-order valence-corrected chi connectivity index (χ4v) is 5.72. The Morgan fingerprint density at radius 1 is 1.08 bits per heavy atom. The highest BCUT2D eigenvalue weighted by Gasteiger charge is 2.29. The van der Waals surface area contributed by atoms with Crippen molar-refractivity contribution in [1.82, 2.24) is 9.88 Å². The van der Waals surface area contributed by atoms with Gasteiger partial charge >= 0.3 is 0 Å². The summed E-state index contributed by atoms with van der Waals surface area (Å²) < 4.78 is 0. The number of carbonyl (C=O) groups excluding carboxylic acids is 2. The van der Waals surface area contributed by atoms with Gasteiger partial charge in [-0.05, 0) is 105 Å². The molecule has 1 amide bonds. The van der Waals surface area contributed by atoms with Crippen molar-refractivity contribution in [2.75, 3.05) is 13.1 Å². The summed E-state index contributed by atoms with van der Waals surface area (Å²) >= 11 is 0. The van der Waals surface area contributed by atoms with Crippen LogP contribution in [0.2, 0.25) is 0 Å². The van der Waals surface area contributed by atoms with E-state index in [0.717, 1.165) is 48.5 Å². The van der Waals surface area contributed by atoms with Gasteiger partial charge in [-0.3, -0.25) is 14.6 Å². The topological polar surface area (TPSA) is 74.1 Å². The number of nitriles is 1. The lowest BCUT2D eigenvalue weighted by molar-refractivity contribution is 0.0652. The minimum atomic E-state index is -0.122. The van der Waals surface area contributed by atoms with Gasteiger partial charge in [0.2, 0.25) is 0 Å². The van der Waals surface area contributed by atoms with E-state index in [2.05, 4.69) is 24.9 Å². The van der Waals surface area contributed by atoms with E-state index in [1.807, 2.05) is 64.7 Å². The Kier molecular flexibility index (Phi) is 11.4. The number of Topliss-reactive ketones (excluding diaryl/α,β-unsaturated/α-hetero) is 1. The van der Waals surface area contributed by atoms with Crippen molar-refractivity contribution in [1.29, 1.82) is 5.26 Å². The molecule has 0 bridgehead atoms.